The van der Waals surface area contributed by atoms with Crippen LogP contribution in [0.15, 0.2) is 12.1 Å². The number of benzene rings is 1. The summed E-state index contributed by atoms with van der Waals surface area (Å²) in [5, 5.41) is 3.35. The molecule has 0 aliphatic heterocycles. The lowest BCUT2D eigenvalue weighted by atomic mass is 10.0. The Morgan fingerprint density at radius 3 is 2.38 bits per heavy atom. The molecular formula is C12H19N. The van der Waals surface area contributed by atoms with E-state index >= 15 is 0 Å². The summed E-state index contributed by atoms with van der Waals surface area (Å²) in [5.74, 6) is 0. The van der Waals surface area contributed by atoms with E-state index in [0.29, 0.717) is 0 Å². The minimum absolute atomic E-state index is 0.992. The Balaban J connectivity index is 3.06. The van der Waals surface area contributed by atoms with Crippen LogP contribution < -0.4 is 5.32 Å². The molecule has 0 spiro atoms. The molecule has 0 aliphatic rings. The van der Waals surface area contributed by atoms with Gasteiger partial charge in [-0.15, -0.1) is 0 Å². The van der Waals surface area contributed by atoms with Crippen LogP contribution in [0.3, 0.4) is 0 Å². The van der Waals surface area contributed by atoms with Crippen molar-refractivity contribution in [2.75, 3.05) is 11.9 Å². The van der Waals surface area contributed by atoms with Gasteiger partial charge >= 0.3 is 0 Å². The molecule has 1 nitrogen and oxygen atoms in total. The number of anilines is 1. The first-order valence-corrected chi connectivity index (χ1v) is 5.03. The normalized spacial score (nSPS) is 10.2. The maximum absolute atomic E-state index is 3.35. The minimum atomic E-state index is 0.992. The van der Waals surface area contributed by atoms with Crippen molar-refractivity contribution in [3.8, 4) is 0 Å². The van der Waals surface area contributed by atoms with Crippen LogP contribution in [0.25, 0.3) is 0 Å². The molecular weight excluding hydrogens is 158 g/mol. The molecule has 1 N–H and O–H groups in total. The van der Waals surface area contributed by atoms with Gasteiger partial charge < -0.3 is 5.32 Å². The highest BCUT2D eigenvalue weighted by atomic mass is 14.8. The van der Waals surface area contributed by atoms with Crippen molar-refractivity contribution in [1.29, 1.82) is 0 Å². The number of rotatable bonds is 3. The number of hydrogen-bond donors (Lipinski definition) is 1. The zero-order valence-electron chi connectivity index (χ0n) is 9.07. The first-order valence-electron chi connectivity index (χ1n) is 5.03. The fourth-order valence-corrected chi connectivity index (χ4v) is 1.61. The van der Waals surface area contributed by atoms with Gasteiger partial charge in [-0.1, -0.05) is 6.92 Å². The van der Waals surface area contributed by atoms with Crippen molar-refractivity contribution in [1.82, 2.24) is 0 Å². The van der Waals surface area contributed by atoms with E-state index in [1.165, 1.54) is 22.4 Å². The molecule has 1 heteroatoms. The summed E-state index contributed by atoms with van der Waals surface area (Å²) in [6, 6.07) is 4.48. The first-order chi connectivity index (χ1) is 6.19. The molecule has 0 aromatic heterocycles. The van der Waals surface area contributed by atoms with Crippen molar-refractivity contribution in [3.63, 3.8) is 0 Å². The van der Waals surface area contributed by atoms with Crippen LogP contribution in [-0.2, 0) is 6.42 Å². The molecule has 0 unspecified atom stereocenters. The number of aryl methyl sites for hydroxylation is 2. The van der Waals surface area contributed by atoms with Crippen LogP contribution >= 0.6 is 0 Å². The van der Waals surface area contributed by atoms with Gasteiger partial charge in [0.1, 0.15) is 0 Å². The molecule has 0 aliphatic carbocycles. The fourth-order valence-electron chi connectivity index (χ4n) is 1.61. The lowest BCUT2D eigenvalue weighted by molar-refractivity contribution is 1.09. The second-order valence-electron chi connectivity index (χ2n) is 3.46. The van der Waals surface area contributed by atoms with Crippen LogP contribution in [-0.4, -0.2) is 6.54 Å². The fraction of sp³-hybridized carbons (Fsp3) is 0.500. The van der Waals surface area contributed by atoms with Gasteiger partial charge in [-0.05, 0) is 56.0 Å². The third-order valence-corrected chi connectivity index (χ3v) is 2.54. The summed E-state index contributed by atoms with van der Waals surface area (Å²) < 4.78 is 0. The van der Waals surface area contributed by atoms with Gasteiger partial charge in [0.2, 0.25) is 0 Å². The summed E-state index contributed by atoms with van der Waals surface area (Å²) >= 11 is 0. The average Bonchev–Trinajstić information content (AvgIpc) is 2.11. The summed E-state index contributed by atoms with van der Waals surface area (Å²) in [7, 11) is 0. The van der Waals surface area contributed by atoms with E-state index in [-0.39, 0.29) is 0 Å². The van der Waals surface area contributed by atoms with Gasteiger partial charge in [-0.25, -0.2) is 0 Å². The van der Waals surface area contributed by atoms with E-state index in [2.05, 4.69) is 45.1 Å². The first kappa shape index (κ1) is 10.1. The van der Waals surface area contributed by atoms with E-state index in [4.69, 9.17) is 0 Å². The highest BCUT2D eigenvalue weighted by molar-refractivity contribution is 5.52. The smallest absolute Gasteiger partial charge is 0.0345 e. The zero-order chi connectivity index (χ0) is 9.84. The number of nitrogens with one attached hydrogen (secondary N) is 1. The quantitative estimate of drug-likeness (QED) is 0.747. The van der Waals surface area contributed by atoms with Crippen LogP contribution in [0.1, 0.15) is 30.5 Å². The van der Waals surface area contributed by atoms with Crippen molar-refractivity contribution in [3.05, 3.63) is 28.8 Å². The van der Waals surface area contributed by atoms with Crippen molar-refractivity contribution >= 4 is 5.69 Å². The zero-order valence-corrected chi connectivity index (χ0v) is 9.07. The lowest BCUT2D eigenvalue weighted by Crippen LogP contribution is -1.99. The predicted octanol–water partition coefficient (Wildman–Crippen LogP) is 3.30. The molecule has 0 bridgehead atoms. The van der Waals surface area contributed by atoms with Crippen LogP contribution in [0.4, 0.5) is 5.69 Å². The Morgan fingerprint density at radius 1 is 1.15 bits per heavy atom. The van der Waals surface area contributed by atoms with Gasteiger partial charge in [0, 0.05) is 12.2 Å². The van der Waals surface area contributed by atoms with Gasteiger partial charge in [-0.3, -0.25) is 0 Å². The standard InChI is InChI=1S/C12H19N/c1-5-11-8-12(13-6-2)7-9(3)10(11)4/h7-8,13H,5-6H2,1-4H3. The summed E-state index contributed by atoms with van der Waals surface area (Å²) in [4.78, 5) is 0. The molecule has 0 amide bonds. The van der Waals surface area contributed by atoms with E-state index < -0.39 is 0 Å². The van der Waals surface area contributed by atoms with Crippen molar-refractivity contribution in [2.45, 2.75) is 34.1 Å². The molecule has 13 heavy (non-hydrogen) atoms. The largest absolute Gasteiger partial charge is 0.385 e. The molecule has 0 heterocycles. The van der Waals surface area contributed by atoms with Crippen LogP contribution in [0, 0.1) is 13.8 Å². The highest BCUT2D eigenvalue weighted by Crippen LogP contribution is 2.20. The van der Waals surface area contributed by atoms with Crippen molar-refractivity contribution in [2.24, 2.45) is 0 Å². The Bertz CT molecular complexity index is 289. The Hall–Kier alpha value is -0.980. The van der Waals surface area contributed by atoms with Crippen LogP contribution in [0.2, 0.25) is 0 Å². The average molecular weight is 177 g/mol. The Kier molecular flexibility index (Phi) is 3.35. The summed E-state index contributed by atoms with van der Waals surface area (Å²) in [5.41, 5.74) is 5.53. The molecule has 0 radical (unpaired) electrons. The predicted molar refractivity (Wildman–Crippen MR) is 59.5 cm³/mol. The molecule has 72 valence electrons. The second kappa shape index (κ2) is 4.31. The monoisotopic (exact) mass is 177 g/mol. The molecule has 0 saturated carbocycles. The second-order valence-corrected chi connectivity index (χ2v) is 3.46. The third-order valence-electron chi connectivity index (χ3n) is 2.54. The maximum atomic E-state index is 3.35. The summed E-state index contributed by atoms with van der Waals surface area (Å²) in [6.07, 6.45) is 1.12. The Labute approximate surface area is 81.2 Å². The molecule has 0 atom stereocenters. The molecule has 1 aromatic rings. The summed E-state index contributed by atoms with van der Waals surface area (Å²) in [6.45, 7) is 9.70. The van der Waals surface area contributed by atoms with Gasteiger partial charge in [0.25, 0.3) is 0 Å². The van der Waals surface area contributed by atoms with E-state index in [0.717, 1.165) is 13.0 Å². The minimum Gasteiger partial charge on any atom is -0.385 e. The topological polar surface area (TPSA) is 12.0 Å². The molecule has 1 aromatic carbocycles. The van der Waals surface area contributed by atoms with E-state index in [9.17, 15) is 0 Å². The van der Waals surface area contributed by atoms with Crippen LogP contribution in [0.5, 0.6) is 0 Å². The highest BCUT2D eigenvalue weighted by Gasteiger charge is 2.01. The van der Waals surface area contributed by atoms with E-state index in [1.807, 2.05) is 0 Å². The van der Waals surface area contributed by atoms with E-state index in [1.54, 1.807) is 0 Å². The number of hydrogen-bond acceptors (Lipinski definition) is 1. The molecule has 0 saturated heterocycles. The van der Waals surface area contributed by atoms with Gasteiger partial charge in [-0.2, -0.15) is 0 Å². The molecule has 1 rings (SSSR count). The Morgan fingerprint density at radius 2 is 1.85 bits per heavy atom. The van der Waals surface area contributed by atoms with Gasteiger partial charge in [0.15, 0.2) is 0 Å². The van der Waals surface area contributed by atoms with Crippen molar-refractivity contribution < 1.29 is 0 Å². The third kappa shape index (κ3) is 2.24. The SMILES string of the molecule is CCNc1cc(C)c(C)c(CC)c1. The van der Waals surface area contributed by atoms with Gasteiger partial charge in [0.05, 0.1) is 0 Å². The molecule has 0 fully saturated rings. The maximum Gasteiger partial charge on any atom is 0.0345 e. The lowest BCUT2D eigenvalue weighted by Gasteiger charge is -2.11.